The lowest BCUT2D eigenvalue weighted by Crippen LogP contribution is -2.39. The topological polar surface area (TPSA) is 75.2 Å². The van der Waals surface area contributed by atoms with Gasteiger partial charge in [-0.1, -0.05) is 22.9 Å². The van der Waals surface area contributed by atoms with Crippen molar-refractivity contribution in [3.05, 3.63) is 74.9 Å². The van der Waals surface area contributed by atoms with Gasteiger partial charge in [0, 0.05) is 35.3 Å². The number of hydrogen-bond acceptors (Lipinski definition) is 5. The first-order valence-corrected chi connectivity index (χ1v) is 10.6. The summed E-state index contributed by atoms with van der Waals surface area (Å²) in [5, 5.41) is 12.6. The highest BCUT2D eigenvalue weighted by Crippen LogP contribution is 2.30. The minimum Gasteiger partial charge on any atom is -0.338 e. The van der Waals surface area contributed by atoms with Crippen molar-refractivity contribution in [1.82, 2.24) is 15.1 Å². The molecule has 2 heterocycles. The maximum atomic E-state index is 13.1. The number of benzene rings is 2. The second-order valence-electron chi connectivity index (χ2n) is 7.00. The first-order valence-electron chi connectivity index (χ1n) is 9.45. The monoisotopic (exact) mass is 444 g/mol. The molecule has 9 heteroatoms. The van der Waals surface area contributed by atoms with Gasteiger partial charge in [0.05, 0.1) is 0 Å². The number of nitrogens with zero attached hydrogens (tertiary/aromatic N) is 3. The Morgan fingerprint density at radius 1 is 1.10 bits per heavy atom. The predicted molar refractivity (Wildman–Crippen MR) is 114 cm³/mol. The molecule has 2 aromatic carbocycles. The Morgan fingerprint density at radius 3 is 2.57 bits per heavy atom. The quantitative estimate of drug-likeness (QED) is 0.638. The number of halogens is 2. The van der Waals surface area contributed by atoms with Crippen LogP contribution in [0.3, 0.4) is 0 Å². The summed E-state index contributed by atoms with van der Waals surface area (Å²) in [6.45, 7) is 1.12. The highest BCUT2D eigenvalue weighted by Gasteiger charge is 2.28. The zero-order chi connectivity index (χ0) is 21.1. The van der Waals surface area contributed by atoms with Gasteiger partial charge in [-0.3, -0.25) is 9.59 Å². The van der Waals surface area contributed by atoms with E-state index in [0.29, 0.717) is 29.4 Å². The van der Waals surface area contributed by atoms with Gasteiger partial charge in [-0.2, -0.15) is 0 Å². The molecule has 1 saturated heterocycles. The highest BCUT2D eigenvalue weighted by atomic mass is 35.5. The number of anilines is 1. The number of aromatic nitrogens is 2. The first kappa shape index (κ1) is 20.4. The lowest BCUT2D eigenvalue weighted by atomic mass is 9.98. The second-order valence-corrected chi connectivity index (χ2v) is 8.45. The maximum absolute atomic E-state index is 13.1. The zero-order valence-electron chi connectivity index (χ0n) is 15.8. The van der Waals surface area contributed by atoms with Gasteiger partial charge in [-0.25, -0.2) is 4.39 Å². The molecule has 0 aliphatic carbocycles. The van der Waals surface area contributed by atoms with Crippen LogP contribution in [0.15, 0.2) is 48.5 Å². The molecule has 1 aliphatic heterocycles. The Balaban J connectivity index is 1.42. The van der Waals surface area contributed by atoms with Crippen LogP contribution in [0.5, 0.6) is 0 Å². The molecule has 4 rings (SSSR count). The number of hydrogen-bond donors (Lipinski definition) is 1. The minimum atomic E-state index is -0.374. The van der Waals surface area contributed by atoms with E-state index in [9.17, 15) is 14.0 Å². The van der Waals surface area contributed by atoms with Crippen molar-refractivity contribution in [3.8, 4) is 0 Å². The van der Waals surface area contributed by atoms with E-state index in [4.69, 9.17) is 11.6 Å². The van der Waals surface area contributed by atoms with Crippen LogP contribution >= 0.6 is 22.9 Å². The molecule has 0 unspecified atom stereocenters. The third-order valence-electron chi connectivity index (χ3n) is 4.89. The van der Waals surface area contributed by atoms with E-state index < -0.39 is 0 Å². The van der Waals surface area contributed by atoms with Crippen molar-refractivity contribution < 1.29 is 14.0 Å². The minimum absolute atomic E-state index is 0.0118. The molecule has 0 saturated carbocycles. The zero-order valence-corrected chi connectivity index (χ0v) is 17.4. The van der Waals surface area contributed by atoms with Crippen LogP contribution in [0, 0.1) is 5.82 Å². The van der Waals surface area contributed by atoms with E-state index in [1.807, 2.05) is 0 Å². The van der Waals surface area contributed by atoms with Gasteiger partial charge >= 0.3 is 0 Å². The summed E-state index contributed by atoms with van der Waals surface area (Å²) in [5.41, 5.74) is 1.08. The summed E-state index contributed by atoms with van der Waals surface area (Å²) in [4.78, 5) is 26.9. The number of likely N-dealkylation sites (tertiary alicyclic amines) is 1. The summed E-state index contributed by atoms with van der Waals surface area (Å²) in [5.74, 6) is -0.833. The lowest BCUT2D eigenvalue weighted by Gasteiger charge is -2.31. The fourth-order valence-corrected chi connectivity index (χ4v) is 4.34. The molecule has 30 heavy (non-hydrogen) atoms. The van der Waals surface area contributed by atoms with E-state index in [0.717, 1.165) is 17.8 Å². The number of nitrogens with one attached hydrogen (secondary N) is 1. The molecule has 0 radical (unpaired) electrons. The lowest BCUT2D eigenvalue weighted by molar-refractivity contribution is 0.0706. The number of amides is 2. The van der Waals surface area contributed by atoms with Gasteiger partial charge in [-0.15, -0.1) is 10.2 Å². The SMILES string of the molecule is O=C(Nc1ccc(Cl)cc1)c1nnc([C@H]2CCCN(C(=O)c3ccc(F)cc3)C2)s1. The second kappa shape index (κ2) is 8.89. The Morgan fingerprint density at radius 2 is 1.83 bits per heavy atom. The average Bonchev–Trinajstić information content (AvgIpc) is 3.26. The summed E-state index contributed by atoms with van der Waals surface area (Å²) in [6, 6.07) is 12.4. The standard InChI is InChI=1S/C21H18ClFN4O2S/c22-15-5-9-17(10-6-15)24-18(28)20-26-25-19(30-20)14-2-1-11-27(12-14)21(29)13-3-7-16(23)8-4-13/h3-10,14H,1-2,11-12H2,(H,24,28)/t14-/m0/s1. The number of piperidine rings is 1. The Bertz CT molecular complexity index is 1060. The summed E-state index contributed by atoms with van der Waals surface area (Å²) < 4.78 is 13.1. The van der Waals surface area contributed by atoms with Crippen molar-refractivity contribution in [2.75, 3.05) is 18.4 Å². The van der Waals surface area contributed by atoms with Crippen LogP contribution < -0.4 is 5.32 Å². The van der Waals surface area contributed by atoms with Crippen LogP contribution in [0.25, 0.3) is 0 Å². The van der Waals surface area contributed by atoms with Crippen LogP contribution in [0.1, 0.15) is 43.9 Å². The number of carbonyl (C=O) groups is 2. The fraction of sp³-hybridized carbons (Fsp3) is 0.238. The largest absolute Gasteiger partial charge is 0.338 e. The van der Waals surface area contributed by atoms with E-state index in [1.165, 1.54) is 35.6 Å². The molecule has 0 bridgehead atoms. The molecule has 1 aromatic heterocycles. The molecular formula is C21H18ClFN4O2S. The van der Waals surface area contributed by atoms with Crippen LogP contribution in [-0.4, -0.2) is 40.0 Å². The molecule has 154 valence electrons. The molecule has 1 aliphatic rings. The summed E-state index contributed by atoms with van der Waals surface area (Å²) >= 11 is 7.09. The van der Waals surface area contributed by atoms with E-state index in [-0.39, 0.29) is 28.6 Å². The molecule has 2 amide bonds. The van der Waals surface area contributed by atoms with Crippen molar-refractivity contribution >= 4 is 40.4 Å². The van der Waals surface area contributed by atoms with Crippen molar-refractivity contribution in [1.29, 1.82) is 0 Å². The van der Waals surface area contributed by atoms with E-state index in [1.54, 1.807) is 29.2 Å². The Labute approximate surface area is 181 Å². The first-order chi connectivity index (χ1) is 14.5. The Kier molecular flexibility index (Phi) is 6.06. The molecule has 0 spiro atoms. The molecule has 1 N–H and O–H groups in total. The smallest absolute Gasteiger partial charge is 0.286 e. The van der Waals surface area contributed by atoms with Crippen LogP contribution in [-0.2, 0) is 0 Å². The van der Waals surface area contributed by atoms with Gasteiger partial charge in [0.25, 0.3) is 11.8 Å². The van der Waals surface area contributed by atoms with Gasteiger partial charge in [0.15, 0.2) is 0 Å². The fourth-order valence-electron chi connectivity index (χ4n) is 3.35. The van der Waals surface area contributed by atoms with Crippen molar-refractivity contribution in [2.45, 2.75) is 18.8 Å². The number of carbonyl (C=O) groups excluding carboxylic acids is 2. The summed E-state index contributed by atoms with van der Waals surface area (Å²) in [6.07, 6.45) is 1.68. The van der Waals surface area contributed by atoms with Crippen molar-refractivity contribution in [2.24, 2.45) is 0 Å². The van der Waals surface area contributed by atoms with Gasteiger partial charge in [-0.05, 0) is 61.4 Å². The van der Waals surface area contributed by atoms with E-state index in [2.05, 4.69) is 15.5 Å². The highest BCUT2D eigenvalue weighted by molar-refractivity contribution is 7.13. The van der Waals surface area contributed by atoms with Crippen molar-refractivity contribution in [3.63, 3.8) is 0 Å². The molecule has 1 atom stereocenters. The van der Waals surface area contributed by atoms with Gasteiger partial charge in [0.1, 0.15) is 10.8 Å². The maximum Gasteiger partial charge on any atom is 0.286 e. The van der Waals surface area contributed by atoms with Crippen LogP contribution in [0.2, 0.25) is 5.02 Å². The van der Waals surface area contributed by atoms with E-state index >= 15 is 0 Å². The summed E-state index contributed by atoms with van der Waals surface area (Å²) in [7, 11) is 0. The normalized spacial score (nSPS) is 16.3. The Hall–Kier alpha value is -2.84. The number of rotatable bonds is 4. The molecule has 3 aromatic rings. The molecular weight excluding hydrogens is 427 g/mol. The molecule has 1 fully saturated rings. The third kappa shape index (κ3) is 4.66. The predicted octanol–water partition coefficient (Wildman–Crippen LogP) is 4.60. The van der Waals surface area contributed by atoms with Crippen LogP contribution in [0.4, 0.5) is 10.1 Å². The van der Waals surface area contributed by atoms with Gasteiger partial charge in [0.2, 0.25) is 5.01 Å². The van der Waals surface area contributed by atoms with Gasteiger partial charge < -0.3 is 10.2 Å². The third-order valence-corrected chi connectivity index (χ3v) is 6.22. The molecule has 6 nitrogen and oxygen atoms in total. The average molecular weight is 445 g/mol.